The Morgan fingerprint density at radius 2 is 1.85 bits per heavy atom. The molecular formula is C18H17F3N2O3. The van der Waals surface area contributed by atoms with E-state index in [1.54, 1.807) is 18.2 Å². The highest BCUT2D eigenvalue weighted by atomic mass is 19.2. The second-order valence-electron chi connectivity index (χ2n) is 5.57. The maximum absolute atomic E-state index is 13.5. The molecule has 0 radical (unpaired) electrons. The molecule has 2 amide bonds. The van der Waals surface area contributed by atoms with Crippen LogP contribution >= 0.6 is 0 Å². The lowest BCUT2D eigenvalue weighted by Gasteiger charge is -2.15. The summed E-state index contributed by atoms with van der Waals surface area (Å²) in [6, 6.07) is 8.66. The predicted molar refractivity (Wildman–Crippen MR) is 89.2 cm³/mol. The Labute approximate surface area is 148 Å². The zero-order chi connectivity index (χ0) is 19.3. The molecule has 138 valence electrons. The molecule has 1 atom stereocenters. The Morgan fingerprint density at radius 1 is 1.12 bits per heavy atom. The number of nitrogens with one attached hydrogen (secondary N) is 2. The van der Waals surface area contributed by atoms with Gasteiger partial charge in [0.15, 0.2) is 23.6 Å². The first kappa shape index (κ1) is 19.3. The van der Waals surface area contributed by atoms with Crippen LogP contribution in [0.25, 0.3) is 0 Å². The number of carbonyl (C=O) groups excluding carboxylic acids is 2. The molecule has 8 heteroatoms. The lowest BCUT2D eigenvalue weighted by atomic mass is 10.2. The molecule has 2 aromatic carbocycles. The highest BCUT2D eigenvalue weighted by Crippen LogP contribution is 2.19. The summed E-state index contributed by atoms with van der Waals surface area (Å²) in [6.45, 7) is 2.89. The third-order valence-corrected chi connectivity index (χ3v) is 3.40. The maximum Gasteiger partial charge on any atom is 0.261 e. The van der Waals surface area contributed by atoms with E-state index in [9.17, 15) is 22.8 Å². The van der Waals surface area contributed by atoms with Crippen molar-refractivity contribution in [1.29, 1.82) is 0 Å². The molecule has 0 unspecified atom stereocenters. The number of halogens is 3. The van der Waals surface area contributed by atoms with E-state index in [0.717, 1.165) is 11.6 Å². The minimum absolute atomic E-state index is 0.487. The Balaban J connectivity index is 1.86. The highest BCUT2D eigenvalue weighted by molar-refractivity contribution is 5.95. The molecule has 0 bridgehead atoms. The predicted octanol–water partition coefficient (Wildman–Crippen LogP) is 2.93. The number of ether oxygens (including phenoxy) is 1. The largest absolute Gasteiger partial charge is 0.481 e. The van der Waals surface area contributed by atoms with Gasteiger partial charge in [-0.2, -0.15) is 0 Å². The molecule has 26 heavy (non-hydrogen) atoms. The normalized spacial score (nSPS) is 11.6. The van der Waals surface area contributed by atoms with Gasteiger partial charge in [0.05, 0.1) is 12.2 Å². The van der Waals surface area contributed by atoms with E-state index in [-0.39, 0.29) is 0 Å². The summed E-state index contributed by atoms with van der Waals surface area (Å²) >= 11 is 0. The summed E-state index contributed by atoms with van der Waals surface area (Å²) in [6.07, 6.45) is -0.871. The van der Waals surface area contributed by atoms with Crippen LogP contribution < -0.4 is 15.4 Å². The molecular weight excluding hydrogens is 349 g/mol. The molecule has 0 spiro atoms. The fraction of sp³-hybridized carbons (Fsp3) is 0.222. The zero-order valence-electron chi connectivity index (χ0n) is 14.1. The van der Waals surface area contributed by atoms with Crippen molar-refractivity contribution in [1.82, 2.24) is 5.32 Å². The van der Waals surface area contributed by atoms with Gasteiger partial charge in [-0.05, 0) is 43.7 Å². The third kappa shape index (κ3) is 4.98. The standard InChI is InChI=1S/C18H17F3N2O3/c1-10-4-3-5-12(8-10)26-11(2)18(25)22-9-15(24)23-14-7-6-13(19)16(20)17(14)21/h3-8,11H,9H2,1-2H3,(H,22,25)(H,23,24)/t11-/m1/s1. The van der Waals surface area contributed by atoms with Gasteiger partial charge in [-0.25, -0.2) is 13.2 Å². The first-order valence-electron chi connectivity index (χ1n) is 7.72. The van der Waals surface area contributed by atoms with Crippen molar-refractivity contribution < 1.29 is 27.5 Å². The topological polar surface area (TPSA) is 67.4 Å². The zero-order valence-corrected chi connectivity index (χ0v) is 14.1. The van der Waals surface area contributed by atoms with Gasteiger partial charge in [0, 0.05) is 0 Å². The molecule has 0 fully saturated rings. The molecule has 0 aliphatic heterocycles. The molecule has 0 heterocycles. The van der Waals surface area contributed by atoms with Crippen molar-refractivity contribution in [3.8, 4) is 5.75 Å². The van der Waals surface area contributed by atoms with Crippen molar-refractivity contribution in [2.45, 2.75) is 20.0 Å². The van der Waals surface area contributed by atoms with E-state index in [2.05, 4.69) is 10.6 Å². The first-order chi connectivity index (χ1) is 12.3. The van der Waals surface area contributed by atoms with Gasteiger partial charge in [0.25, 0.3) is 5.91 Å². The molecule has 2 N–H and O–H groups in total. The Bertz CT molecular complexity index is 827. The van der Waals surface area contributed by atoms with Crippen molar-refractivity contribution in [2.24, 2.45) is 0 Å². The minimum Gasteiger partial charge on any atom is -0.481 e. The van der Waals surface area contributed by atoms with Crippen LogP contribution in [0, 0.1) is 24.4 Å². The smallest absolute Gasteiger partial charge is 0.261 e. The Kier molecular flexibility index (Phi) is 6.21. The van der Waals surface area contributed by atoms with Gasteiger partial charge in [-0.1, -0.05) is 12.1 Å². The van der Waals surface area contributed by atoms with E-state index in [0.29, 0.717) is 11.8 Å². The summed E-state index contributed by atoms with van der Waals surface area (Å²) in [4.78, 5) is 23.7. The van der Waals surface area contributed by atoms with Crippen LogP contribution in [-0.2, 0) is 9.59 Å². The molecule has 0 saturated heterocycles. The number of aryl methyl sites for hydroxylation is 1. The van der Waals surface area contributed by atoms with Crippen LogP contribution in [0.15, 0.2) is 36.4 Å². The monoisotopic (exact) mass is 366 g/mol. The summed E-state index contributed by atoms with van der Waals surface area (Å²) in [5.41, 5.74) is 0.440. The van der Waals surface area contributed by atoms with Gasteiger partial charge in [-0.3, -0.25) is 9.59 Å². The van der Waals surface area contributed by atoms with Crippen LogP contribution in [0.2, 0.25) is 0 Å². The molecule has 0 aliphatic rings. The van der Waals surface area contributed by atoms with E-state index >= 15 is 0 Å². The number of rotatable bonds is 6. The quantitative estimate of drug-likeness (QED) is 0.773. The van der Waals surface area contributed by atoms with Crippen molar-refractivity contribution in [2.75, 3.05) is 11.9 Å². The number of benzene rings is 2. The number of carbonyl (C=O) groups is 2. The van der Waals surface area contributed by atoms with Gasteiger partial charge >= 0.3 is 0 Å². The lowest BCUT2D eigenvalue weighted by Crippen LogP contribution is -2.40. The number of hydrogen-bond acceptors (Lipinski definition) is 3. The van der Waals surface area contributed by atoms with Crippen molar-refractivity contribution in [3.05, 3.63) is 59.4 Å². The second kappa shape index (κ2) is 8.37. The summed E-state index contributed by atoms with van der Waals surface area (Å²) < 4.78 is 44.9. The Hall–Kier alpha value is -3.03. The van der Waals surface area contributed by atoms with E-state index in [1.807, 2.05) is 13.0 Å². The van der Waals surface area contributed by atoms with Gasteiger partial charge in [0.2, 0.25) is 5.91 Å². The second-order valence-corrected chi connectivity index (χ2v) is 5.57. The molecule has 5 nitrogen and oxygen atoms in total. The van der Waals surface area contributed by atoms with Gasteiger partial charge in [-0.15, -0.1) is 0 Å². The van der Waals surface area contributed by atoms with Crippen LogP contribution in [-0.4, -0.2) is 24.5 Å². The van der Waals surface area contributed by atoms with Crippen LogP contribution in [0.5, 0.6) is 5.75 Å². The van der Waals surface area contributed by atoms with Crippen LogP contribution in [0.1, 0.15) is 12.5 Å². The fourth-order valence-electron chi connectivity index (χ4n) is 2.07. The number of amides is 2. The molecule has 0 saturated carbocycles. The lowest BCUT2D eigenvalue weighted by molar-refractivity contribution is -0.129. The summed E-state index contributed by atoms with van der Waals surface area (Å²) in [7, 11) is 0. The van der Waals surface area contributed by atoms with Crippen LogP contribution in [0.3, 0.4) is 0 Å². The highest BCUT2D eigenvalue weighted by Gasteiger charge is 2.18. The van der Waals surface area contributed by atoms with E-state index in [1.165, 1.54) is 6.92 Å². The van der Waals surface area contributed by atoms with Crippen molar-refractivity contribution >= 4 is 17.5 Å². The van der Waals surface area contributed by atoms with Gasteiger partial charge in [0.1, 0.15) is 5.75 Å². The Morgan fingerprint density at radius 3 is 2.54 bits per heavy atom. The number of anilines is 1. The average Bonchev–Trinajstić information content (AvgIpc) is 2.60. The third-order valence-electron chi connectivity index (χ3n) is 3.40. The van der Waals surface area contributed by atoms with Crippen molar-refractivity contribution in [3.63, 3.8) is 0 Å². The molecule has 0 aromatic heterocycles. The first-order valence-corrected chi connectivity index (χ1v) is 7.72. The average molecular weight is 366 g/mol. The van der Waals surface area contributed by atoms with Crippen LogP contribution in [0.4, 0.5) is 18.9 Å². The maximum atomic E-state index is 13.5. The summed E-state index contributed by atoms with van der Waals surface area (Å²) in [5, 5.41) is 4.37. The minimum atomic E-state index is -1.69. The SMILES string of the molecule is Cc1cccc(O[C@H](C)C(=O)NCC(=O)Nc2ccc(F)c(F)c2F)c1. The molecule has 2 rings (SSSR count). The molecule has 0 aliphatic carbocycles. The van der Waals surface area contributed by atoms with E-state index < -0.39 is 47.6 Å². The van der Waals surface area contributed by atoms with E-state index in [4.69, 9.17) is 4.74 Å². The van der Waals surface area contributed by atoms with Gasteiger partial charge < -0.3 is 15.4 Å². The molecule has 2 aromatic rings. The number of hydrogen-bond donors (Lipinski definition) is 2. The summed E-state index contributed by atoms with van der Waals surface area (Å²) in [5.74, 6) is -5.43. The fourth-order valence-corrected chi connectivity index (χ4v) is 2.07.